The van der Waals surface area contributed by atoms with E-state index < -0.39 is 5.60 Å². The quantitative estimate of drug-likeness (QED) is 0.867. The number of rotatable bonds is 1. The van der Waals surface area contributed by atoms with Gasteiger partial charge in [-0.2, -0.15) is 0 Å². The number of likely N-dealkylation sites (tertiary alicyclic amines) is 1. The molecule has 22 heavy (non-hydrogen) atoms. The second-order valence-electron chi connectivity index (χ2n) is 6.99. The van der Waals surface area contributed by atoms with Crippen LogP contribution in [0.5, 0.6) is 0 Å². The highest BCUT2D eigenvalue weighted by atomic mass is 19.1. The first kappa shape index (κ1) is 16.7. The van der Waals surface area contributed by atoms with Crippen molar-refractivity contribution in [2.24, 2.45) is 5.73 Å². The predicted molar refractivity (Wildman–Crippen MR) is 84.3 cm³/mol. The summed E-state index contributed by atoms with van der Waals surface area (Å²) in [6, 6.07) is 4.63. The van der Waals surface area contributed by atoms with Crippen LogP contribution < -0.4 is 5.73 Å². The summed E-state index contributed by atoms with van der Waals surface area (Å²) in [6.45, 7) is 8.49. The summed E-state index contributed by atoms with van der Waals surface area (Å²) in [4.78, 5) is 13.8. The number of nitrogens with zero attached hydrogens (tertiary/aromatic N) is 1. The standard InChI is InChI=1S/C17H25FN2O2/c1-11-9-12(18)5-6-13(11)14-7-8-20(10-15(14)19)16(21)22-17(2,3)4/h5-6,9,14-15H,7-8,10,19H2,1-4H3/t14-,15-/m1/s1. The highest BCUT2D eigenvalue weighted by Gasteiger charge is 2.32. The molecule has 1 aliphatic rings. The third kappa shape index (κ3) is 3.97. The van der Waals surface area contributed by atoms with Crippen LogP contribution in [0.1, 0.15) is 44.2 Å². The summed E-state index contributed by atoms with van der Waals surface area (Å²) in [5.74, 6) is -0.0969. The molecule has 0 radical (unpaired) electrons. The van der Waals surface area contributed by atoms with Gasteiger partial charge in [0.25, 0.3) is 0 Å². The summed E-state index contributed by atoms with van der Waals surface area (Å²) in [5.41, 5.74) is 7.73. The Morgan fingerprint density at radius 2 is 2.09 bits per heavy atom. The van der Waals surface area contributed by atoms with Crippen LogP contribution in [0, 0.1) is 12.7 Å². The zero-order chi connectivity index (χ0) is 16.5. The molecule has 4 nitrogen and oxygen atoms in total. The number of hydrogen-bond donors (Lipinski definition) is 1. The molecular weight excluding hydrogens is 283 g/mol. The molecule has 0 unspecified atom stereocenters. The lowest BCUT2D eigenvalue weighted by molar-refractivity contribution is 0.0186. The summed E-state index contributed by atoms with van der Waals surface area (Å²) in [7, 11) is 0. The van der Waals surface area contributed by atoms with E-state index in [0.29, 0.717) is 13.1 Å². The van der Waals surface area contributed by atoms with E-state index in [9.17, 15) is 9.18 Å². The average Bonchev–Trinajstić information content (AvgIpc) is 2.37. The van der Waals surface area contributed by atoms with Gasteiger partial charge in [0.2, 0.25) is 0 Å². The van der Waals surface area contributed by atoms with Crippen LogP contribution in [0.4, 0.5) is 9.18 Å². The number of nitrogens with two attached hydrogens (primary N) is 1. The van der Waals surface area contributed by atoms with Crippen LogP contribution in [0.2, 0.25) is 0 Å². The van der Waals surface area contributed by atoms with Gasteiger partial charge in [0.1, 0.15) is 11.4 Å². The Hall–Kier alpha value is -1.62. The highest BCUT2D eigenvalue weighted by Crippen LogP contribution is 2.30. The number of piperidine rings is 1. The van der Waals surface area contributed by atoms with E-state index in [0.717, 1.165) is 17.5 Å². The molecule has 1 saturated heterocycles. The number of amides is 1. The van der Waals surface area contributed by atoms with Crippen molar-refractivity contribution in [3.05, 3.63) is 35.1 Å². The maximum atomic E-state index is 13.2. The SMILES string of the molecule is Cc1cc(F)ccc1[C@H]1CCN(C(=O)OC(C)(C)C)C[C@H]1N. The van der Waals surface area contributed by atoms with Gasteiger partial charge in [-0.25, -0.2) is 9.18 Å². The summed E-state index contributed by atoms with van der Waals surface area (Å²) >= 11 is 0. The lowest BCUT2D eigenvalue weighted by Crippen LogP contribution is -2.50. The van der Waals surface area contributed by atoms with Crippen molar-refractivity contribution in [3.63, 3.8) is 0 Å². The van der Waals surface area contributed by atoms with E-state index in [1.807, 2.05) is 27.7 Å². The maximum absolute atomic E-state index is 13.2. The minimum atomic E-state index is -0.508. The Bertz CT molecular complexity index is 554. The van der Waals surface area contributed by atoms with Crippen molar-refractivity contribution in [3.8, 4) is 0 Å². The molecule has 2 rings (SSSR count). The van der Waals surface area contributed by atoms with Gasteiger partial charge in [-0.1, -0.05) is 6.07 Å². The number of halogens is 1. The highest BCUT2D eigenvalue weighted by molar-refractivity contribution is 5.68. The fourth-order valence-corrected chi connectivity index (χ4v) is 2.92. The van der Waals surface area contributed by atoms with Crippen LogP contribution in [-0.2, 0) is 4.74 Å². The third-order valence-electron chi connectivity index (χ3n) is 3.94. The van der Waals surface area contributed by atoms with Crippen LogP contribution in [0.15, 0.2) is 18.2 Å². The number of hydrogen-bond acceptors (Lipinski definition) is 3. The fraction of sp³-hybridized carbons (Fsp3) is 0.588. The Kier molecular flexibility index (Phi) is 4.75. The molecule has 1 aromatic carbocycles. The van der Waals surface area contributed by atoms with E-state index in [2.05, 4.69) is 0 Å². The van der Waals surface area contributed by atoms with Crippen LogP contribution in [0.25, 0.3) is 0 Å². The van der Waals surface area contributed by atoms with Crippen molar-refractivity contribution in [2.45, 2.75) is 51.7 Å². The zero-order valence-electron chi connectivity index (χ0n) is 13.7. The molecule has 0 aliphatic carbocycles. The van der Waals surface area contributed by atoms with Crippen molar-refractivity contribution in [2.75, 3.05) is 13.1 Å². The van der Waals surface area contributed by atoms with E-state index in [-0.39, 0.29) is 23.9 Å². The second-order valence-corrected chi connectivity index (χ2v) is 6.99. The van der Waals surface area contributed by atoms with Gasteiger partial charge in [0, 0.05) is 25.0 Å². The van der Waals surface area contributed by atoms with E-state index in [1.54, 1.807) is 11.0 Å². The Morgan fingerprint density at radius 3 is 2.64 bits per heavy atom. The lowest BCUT2D eigenvalue weighted by atomic mass is 9.83. The minimum absolute atomic E-state index is 0.138. The van der Waals surface area contributed by atoms with Gasteiger partial charge < -0.3 is 15.4 Å². The van der Waals surface area contributed by atoms with Crippen molar-refractivity contribution in [1.29, 1.82) is 0 Å². The smallest absolute Gasteiger partial charge is 0.410 e. The van der Waals surface area contributed by atoms with Crippen LogP contribution in [0.3, 0.4) is 0 Å². The molecular formula is C17H25FN2O2. The number of ether oxygens (including phenoxy) is 1. The molecule has 2 atom stereocenters. The second kappa shape index (κ2) is 6.24. The molecule has 122 valence electrons. The van der Waals surface area contributed by atoms with Crippen molar-refractivity contribution >= 4 is 6.09 Å². The lowest BCUT2D eigenvalue weighted by Gasteiger charge is -2.38. The molecule has 1 fully saturated rings. The first-order chi connectivity index (χ1) is 10.2. The van der Waals surface area contributed by atoms with E-state index in [1.165, 1.54) is 12.1 Å². The number of carbonyl (C=O) groups excluding carboxylic acids is 1. The Morgan fingerprint density at radius 1 is 1.41 bits per heavy atom. The molecule has 1 heterocycles. The Balaban J connectivity index is 2.05. The normalized spacial score (nSPS) is 22.5. The van der Waals surface area contributed by atoms with E-state index >= 15 is 0 Å². The molecule has 1 aliphatic heterocycles. The fourth-order valence-electron chi connectivity index (χ4n) is 2.92. The molecule has 1 aromatic rings. The first-order valence-corrected chi connectivity index (χ1v) is 7.67. The van der Waals surface area contributed by atoms with Gasteiger partial charge >= 0.3 is 6.09 Å². The van der Waals surface area contributed by atoms with Crippen LogP contribution >= 0.6 is 0 Å². The van der Waals surface area contributed by atoms with Gasteiger partial charge in [0.05, 0.1) is 0 Å². The average molecular weight is 308 g/mol. The topological polar surface area (TPSA) is 55.6 Å². The minimum Gasteiger partial charge on any atom is -0.444 e. The van der Waals surface area contributed by atoms with Gasteiger partial charge in [0.15, 0.2) is 0 Å². The largest absolute Gasteiger partial charge is 0.444 e. The van der Waals surface area contributed by atoms with Crippen molar-refractivity contribution in [1.82, 2.24) is 4.90 Å². The van der Waals surface area contributed by atoms with Gasteiger partial charge in [-0.3, -0.25) is 0 Å². The molecule has 0 saturated carbocycles. The first-order valence-electron chi connectivity index (χ1n) is 7.67. The Labute approximate surface area is 131 Å². The predicted octanol–water partition coefficient (Wildman–Crippen LogP) is 3.19. The summed E-state index contributed by atoms with van der Waals surface area (Å²) in [6.07, 6.45) is 0.435. The molecule has 0 aromatic heterocycles. The number of benzene rings is 1. The van der Waals surface area contributed by atoms with Gasteiger partial charge in [-0.15, -0.1) is 0 Å². The van der Waals surface area contributed by atoms with Crippen LogP contribution in [-0.4, -0.2) is 35.7 Å². The number of carbonyl (C=O) groups is 1. The van der Waals surface area contributed by atoms with E-state index in [4.69, 9.17) is 10.5 Å². The third-order valence-corrected chi connectivity index (χ3v) is 3.94. The van der Waals surface area contributed by atoms with Gasteiger partial charge in [-0.05, 0) is 57.4 Å². The number of aryl methyl sites for hydroxylation is 1. The van der Waals surface area contributed by atoms with Crippen molar-refractivity contribution < 1.29 is 13.9 Å². The molecule has 0 bridgehead atoms. The zero-order valence-corrected chi connectivity index (χ0v) is 13.7. The molecule has 1 amide bonds. The maximum Gasteiger partial charge on any atom is 0.410 e. The molecule has 2 N–H and O–H groups in total. The summed E-state index contributed by atoms with van der Waals surface area (Å²) < 4.78 is 18.6. The molecule has 5 heteroatoms. The molecule has 0 spiro atoms. The summed E-state index contributed by atoms with van der Waals surface area (Å²) in [5, 5.41) is 0. The monoisotopic (exact) mass is 308 g/mol.